The van der Waals surface area contributed by atoms with E-state index in [2.05, 4.69) is 25.8 Å². The Labute approximate surface area is 259 Å². The number of carbonyl (C=O) groups excluding carboxylic acids is 4. The Morgan fingerprint density at radius 2 is 1.31 bits per heavy atom. The zero-order valence-electron chi connectivity index (χ0n) is 24.8. The summed E-state index contributed by atoms with van der Waals surface area (Å²) < 4.78 is 5.90. The average molecular weight is 608 g/mol. The maximum Gasteiger partial charge on any atom is 0.248 e. The highest BCUT2D eigenvalue weighted by molar-refractivity contribution is 5.98. The molecule has 0 aliphatic carbocycles. The summed E-state index contributed by atoms with van der Waals surface area (Å²) >= 11 is 0. The highest BCUT2D eigenvalue weighted by Gasteiger charge is 2.34. The largest absolute Gasteiger partial charge is 0.416 e. The van der Waals surface area contributed by atoms with E-state index in [0.717, 1.165) is 18.4 Å². The molecular weight excluding hydrogens is 574 g/mol. The van der Waals surface area contributed by atoms with Crippen molar-refractivity contribution in [3.63, 3.8) is 0 Å². The van der Waals surface area contributed by atoms with Crippen molar-refractivity contribution in [3.05, 3.63) is 78.6 Å². The van der Waals surface area contributed by atoms with Gasteiger partial charge in [-0.1, -0.05) is 6.07 Å². The Bertz CT molecular complexity index is 1690. The van der Waals surface area contributed by atoms with Crippen LogP contribution in [0, 0.1) is 0 Å². The lowest BCUT2D eigenvalue weighted by Gasteiger charge is -2.24. The summed E-state index contributed by atoms with van der Waals surface area (Å²) in [6.07, 6.45) is 6.37. The fraction of sp³-hybridized carbons (Fsp3) is 0.303. The second kappa shape index (κ2) is 13.1. The minimum absolute atomic E-state index is 0.0901. The second-order valence-electron chi connectivity index (χ2n) is 11.2. The zero-order valence-corrected chi connectivity index (χ0v) is 24.8. The first-order valence-electron chi connectivity index (χ1n) is 15.0. The molecule has 2 atom stereocenters. The predicted octanol–water partition coefficient (Wildman–Crippen LogP) is 3.92. The normalized spacial score (nSPS) is 17.7. The van der Waals surface area contributed by atoms with Gasteiger partial charge in [-0.2, -0.15) is 0 Å². The zero-order chi connectivity index (χ0) is 31.3. The van der Waals surface area contributed by atoms with Crippen molar-refractivity contribution in [1.82, 2.24) is 25.0 Å². The first-order valence-corrected chi connectivity index (χ1v) is 15.0. The topological polar surface area (TPSA) is 151 Å². The summed E-state index contributed by atoms with van der Waals surface area (Å²) in [6, 6.07) is 16.8. The van der Waals surface area contributed by atoms with E-state index in [1.807, 2.05) is 6.07 Å². The van der Waals surface area contributed by atoms with Gasteiger partial charge in [0.1, 0.15) is 12.1 Å². The second-order valence-corrected chi connectivity index (χ2v) is 11.2. The summed E-state index contributed by atoms with van der Waals surface area (Å²) in [5.41, 5.74) is 3.38. The number of carbonyl (C=O) groups is 4. The molecule has 2 N–H and O–H groups in total. The molecule has 0 unspecified atom stereocenters. The Kier molecular flexibility index (Phi) is 8.63. The van der Waals surface area contributed by atoms with Crippen molar-refractivity contribution >= 4 is 35.0 Å². The number of likely N-dealkylation sites (tertiary alicyclic amines) is 2. The molecule has 4 amide bonds. The molecule has 45 heavy (non-hydrogen) atoms. The maximum absolute atomic E-state index is 13.1. The van der Waals surface area contributed by atoms with Crippen LogP contribution < -0.4 is 10.6 Å². The van der Waals surface area contributed by atoms with Crippen LogP contribution in [0.1, 0.15) is 38.2 Å². The van der Waals surface area contributed by atoms with Gasteiger partial charge in [-0.15, -0.1) is 10.2 Å². The van der Waals surface area contributed by atoms with Crippen LogP contribution in [0.2, 0.25) is 0 Å². The third-order valence-electron chi connectivity index (χ3n) is 8.14. The molecule has 12 nitrogen and oxygen atoms in total. The van der Waals surface area contributed by atoms with Crippen molar-refractivity contribution in [2.45, 2.75) is 51.1 Å². The van der Waals surface area contributed by atoms with Gasteiger partial charge < -0.3 is 24.9 Å². The van der Waals surface area contributed by atoms with Crippen LogP contribution >= 0.6 is 0 Å². The lowest BCUT2D eigenvalue weighted by Crippen LogP contribution is -2.43. The first-order chi connectivity index (χ1) is 21.9. The lowest BCUT2D eigenvalue weighted by atomic mass is 10.1. The number of nitrogens with zero attached hydrogens (tertiary/aromatic N) is 5. The average Bonchev–Trinajstić information content (AvgIpc) is 3.84. The van der Waals surface area contributed by atoms with Gasteiger partial charge in [0.2, 0.25) is 35.4 Å². The van der Waals surface area contributed by atoms with E-state index in [0.29, 0.717) is 60.2 Å². The fourth-order valence-corrected chi connectivity index (χ4v) is 5.83. The Morgan fingerprint density at radius 3 is 1.82 bits per heavy atom. The van der Waals surface area contributed by atoms with E-state index in [-0.39, 0.29) is 30.0 Å². The summed E-state index contributed by atoms with van der Waals surface area (Å²) in [6.45, 7) is 2.62. The van der Waals surface area contributed by atoms with E-state index in [1.54, 1.807) is 76.8 Å². The fourth-order valence-electron chi connectivity index (χ4n) is 5.83. The molecule has 0 radical (unpaired) electrons. The molecule has 2 aliphatic heterocycles. The number of anilines is 2. The molecule has 4 heterocycles. The van der Waals surface area contributed by atoms with Gasteiger partial charge in [-0.3, -0.25) is 24.2 Å². The lowest BCUT2D eigenvalue weighted by molar-refractivity contribution is -0.136. The number of benzene rings is 2. The van der Waals surface area contributed by atoms with Gasteiger partial charge >= 0.3 is 0 Å². The number of amides is 4. The highest BCUT2D eigenvalue weighted by Crippen LogP contribution is 2.27. The quantitative estimate of drug-likeness (QED) is 0.306. The Hall–Kier alpha value is -5.39. The van der Waals surface area contributed by atoms with Gasteiger partial charge in [0, 0.05) is 54.9 Å². The highest BCUT2D eigenvalue weighted by atomic mass is 16.4. The molecule has 2 saturated heterocycles. The number of rotatable bonds is 8. The van der Waals surface area contributed by atoms with E-state index >= 15 is 0 Å². The summed E-state index contributed by atoms with van der Waals surface area (Å²) in [7, 11) is 0. The number of pyridine rings is 1. The van der Waals surface area contributed by atoms with E-state index in [1.165, 1.54) is 6.92 Å². The van der Waals surface area contributed by atoms with Crippen LogP contribution in [-0.4, -0.2) is 73.8 Å². The van der Waals surface area contributed by atoms with Gasteiger partial charge in [0.05, 0.1) is 6.42 Å². The Morgan fingerprint density at radius 1 is 0.778 bits per heavy atom. The minimum atomic E-state index is -0.523. The van der Waals surface area contributed by atoms with Crippen LogP contribution in [0.25, 0.3) is 22.9 Å². The van der Waals surface area contributed by atoms with Crippen LogP contribution in [0.5, 0.6) is 0 Å². The van der Waals surface area contributed by atoms with Crippen LogP contribution in [0.15, 0.2) is 77.5 Å². The van der Waals surface area contributed by atoms with Crippen molar-refractivity contribution in [2.24, 2.45) is 0 Å². The number of hydrogen-bond donors (Lipinski definition) is 2. The van der Waals surface area contributed by atoms with Crippen molar-refractivity contribution in [1.29, 1.82) is 0 Å². The molecular formula is C33H33N7O5. The predicted molar refractivity (Wildman–Crippen MR) is 166 cm³/mol. The number of hydrogen-bond acceptors (Lipinski definition) is 8. The molecule has 0 bridgehead atoms. The molecule has 0 saturated carbocycles. The van der Waals surface area contributed by atoms with Gasteiger partial charge in [0.15, 0.2) is 0 Å². The standard InChI is InChI=1S/C33H33N7O5/c1-21(41)39-17-3-6-27(39)30(43)35-25-12-8-23(9-13-25)32-37-38-33(45-32)24-10-14-26(15-11-24)36-31(44)28-7-4-18-40(28)29(42)19-22-5-2-16-34-20-22/h2,5,8-16,20,27-28H,3-4,6-7,17-19H2,1H3,(H,35,43)(H,36,44)/t27-,28-/m0/s1. The van der Waals surface area contributed by atoms with E-state index in [9.17, 15) is 19.2 Å². The Balaban J connectivity index is 1.05. The number of nitrogens with one attached hydrogen (secondary N) is 2. The summed E-state index contributed by atoms with van der Waals surface area (Å²) in [4.78, 5) is 57.8. The SMILES string of the molecule is CC(=O)N1CCC[C@H]1C(=O)Nc1ccc(-c2nnc(-c3ccc(NC(=O)[C@@H]4CCCN4C(=O)Cc4cccnc4)cc3)o2)cc1. The molecule has 230 valence electrons. The summed E-state index contributed by atoms with van der Waals surface area (Å²) in [5.74, 6) is 0.0117. The van der Waals surface area contributed by atoms with Crippen molar-refractivity contribution < 1.29 is 23.6 Å². The van der Waals surface area contributed by atoms with Gasteiger partial charge in [-0.25, -0.2) is 0 Å². The maximum atomic E-state index is 13.1. The van der Waals surface area contributed by atoms with E-state index in [4.69, 9.17) is 4.42 Å². The van der Waals surface area contributed by atoms with Crippen LogP contribution in [0.4, 0.5) is 11.4 Å². The molecule has 4 aromatic rings. The molecule has 12 heteroatoms. The third kappa shape index (κ3) is 6.74. The monoisotopic (exact) mass is 607 g/mol. The molecule has 6 rings (SSSR count). The molecule has 2 aromatic heterocycles. The van der Waals surface area contributed by atoms with E-state index < -0.39 is 12.1 Å². The molecule has 0 spiro atoms. The smallest absolute Gasteiger partial charge is 0.248 e. The van der Waals surface area contributed by atoms with Crippen molar-refractivity contribution in [3.8, 4) is 22.9 Å². The van der Waals surface area contributed by atoms with Crippen LogP contribution in [0.3, 0.4) is 0 Å². The molecule has 2 aromatic carbocycles. The third-order valence-corrected chi connectivity index (χ3v) is 8.14. The molecule has 2 aliphatic rings. The van der Waals surface area contributed by atoms with Crippen LogP contribution in [-0.2, 0) is 25.6 Å². The first kappa shape index (κ1) is 29.7. The minimum Gasteiger partial charge on any atom is -0.416 e. The van der Waals surface area contributed by atoms with Gasteiger partial charge in [-0.05, 0) is 85.8 Å². The molecule has 2 fully saturated rings. The number of aromatic nitrogens is 3. The van der Waals surface area contributed by atoms with Crippen molar-refractivity contribution in [2.75, 3.05) is 23.7 Å². The van der Waals surface area contributed by atoms with Gasteiger partial charge in [0.25, 0.3) is 0 Å². The summed E-state index contributed by atoms with van der Waals surface area (Å²) in [5, 5.41) is 14.1.